The van der Waals surface area contributed by atoms with Crippen LogP contribution in [0.15, 0.2) is 24.3 Å². The fraction of sp³-hybridized carbons (Fsp3) is 0.300. The van der Waals surface area contributed by atoms with Crippen LogP contribution in [0.1, 0.15) is 22.4 Å². The molecule has 0 aliphatic carbocycles. The van der Waals surface area contributed by atoms with Crippen molar-refractivity contribution >= 4 is 37.6 Å². The van der Waals surface area contributed by atoms with E-state index < -0.39 is 0 Å². The SMILES string of the molecule is Cc1cc(C)c2c(n1)sc1c(NCc3cccc4c3OCC4)nn(C)c12. The number of anilines is 1. The summed E-state index contributed by atoms with van der Waals surface area (Å²) in [6.07, 6.45) is 0.998. The summed E-state index contributed by atoms with van der Waals surface area (Å²) >= 11 is 1.71. The maximum atomic E-state index is 5.81. The van der Waals surface area contributed by atoms with Gasteiger partial charge in [0.15, 0.2) is 5.82 Å². The first-order chi connectivity index (χ1) is 12.6. The molecule has 0 atom stereocenters. The summed E-state index contributed by atoms with van der Waals surface area (Å²) in [5.41, 5.74) is 5.95. The van der Waals surface area contributed by atoms with Gasteiger partial charge in [-0.15, -0.1) is 11.3 Å². The van der Waals surface area contributed by atoms with E-state index in [-0.39, 0.29) is 0 Å². The van der Waals surface area contributed by atoms with Gasteiger partial charge in [0.1, 0.15) is 10.6 Å². The first kappa shape index (κ1) is 15.6. The average Bonchev–Trinajstić information content (AvgIpc) is 3.28. The molecule has 4 heterocycles. The molecule has 3 aromatic heterocycles. The zero-order valence-corrected chi connectivity index (χ0v) is 15.9. The number of nitrogens with one attached hydrogen (secondary N) is 1. The number of fused-ring (bicyclic) bond motifs is 4. The number of hydrogen-bond acceptors (Lipinski definition) is 5. The minimum absolute atomic E-state index is 0.703. The number of aromatic nitrogens is 3. The number of hydrogen-bond donors (Lipinski definition) is 1. The van der Waals surface area contributed by atoms with Crippen molar-refractivity contribution < 1.29 is 4.74 Å². The molecule has 132 valence electrons. The quantitative estimate of drug-likeness (QED) is 0.587. The highest BCUT2D eigenvalue weighted by atomic mass is 32.1. The number of benzene rings is 1. The van der Waals surface area contributed by atoms with Crippen molar-refractivity contribution in [1.82, 2.24) is 14.8 Å². The molecule has 0 saturated carbocycles. The molecular weight excluding hydrogens is 344 g/mol. The number of thiophene rings is 1. The second kappa shape index (κ2) is 5.71. The van der Waals surface area contributed by atoms with Gasteiger partial charge in [-0.2, -0.15) is 5.10 Å². The second-order valence-electron chi connectivity index (χ2n) is 6.87. The van der Waals surface area contributed by atoms with E-state index >= 15 is 0 Å². The highest BCUT2D eigenvalue weighted by molar-refractivity contribution is 7.26. The van der Waals surface area contributed by atoms with Crippen molar-refractivity contribution in [3.8, 4) is 5.75 Å². The normalized spacial score (nSPS) is 13.3. The Bertz CT molecular complexity index is 1160. The largest absolute Gasteiger partial charge is 0.493 e. The van der Waals surface area contributed by atoms with Gasteiger partial charge < -0.3 is 10.1 Å². The van der Waals surface area contributed by atoms with Crippen molar-refractivity contribution in [2.24, 2.45) is 7.05 Å². The van der Waals surface area contributed by atoms with Crippen molar-refractivity contribution in [3.63, 3.8) is 0 Å². The molecule has 4 aromatic rings. The smallest absolute Gasteiger partial charge is 0.166 e. The third kappa shape index (κ3) is 2.29. The van der Waals surface area contributed by atoms with Gasteiger partial charge in [0, 0.05) is 36.7 Å². The third-order valence-corrected chi connectivity index (χ3v) is 6.07. The second-order valence-corrected chi connectivity index (χ2v) is 7.87. The zero-order valence-electron chi connectivity index (χ0n) is 15.1. The van der Waals surface area contributed by atoms with E-state index in [9.17, 15) is 0 Å². The molecule has 0 radical (unpaired) electrons. The Morgan fingerprint density at radius 2 is 2.19 bits per heavy atom. The summed E-state index contributed by atoms with van der Waals surface area (Å²) in [5, 5.41) is 9.45. The Hall–Kier alpha value is -2.60. The summed E-state index contributed by atoms with van der Waals surface area (Å²) < 4.78 is 8.94. The van der Waals surface area contributed by atoms with E-state index in [1.54, 1.807) is 11.3 Å². The van der Waals surface area contributed by atoms with E-state index in [4.69, 9.17) is 14.8 Å². The number of pyridine rings is 1. The van der Waals surface area contributed by atoms with Crippen LogP contribution in [0.2, 0.25) is 0 Å². The van der Waals surface area contributed by atoms with Crippen LogP contribution in [-0.2, 0) is 20.0 Å². The van der Waals surface area contributed by atoms with E-state index in [1.807, 2.05) is 18.7 Å². The first-order valence-electron chi connectivity index (χ1n) is 8.82. The topological polar surface area (TPSA) is 52.0 Å². The summed E-state index contributed by atoms with van der Waals surface area (Å²) in [6, 6.07) is 8.51. The average molecular weight is 364 g/mol. The lowest BCUT2D eigenvalue weighted by molar-refractivity contribution is 0.354. The predicted octanol–water partition coefficient (Wildman–Crippen LogP) is 4.35. The van der Waals surface area contributed by atoms with Gasteiger partial charge in [0.05, 0.1) is 16.8 Å². The Morgan fingerprint density at radius 3 is 3.08 bits per heavy atom. The van der Waals surface area contributed by atoms with Crippen LogP contribution in [0.5, 0.6) is 5.75 Å². The molecule has 1 N–H and O–H groups in total. The molecular formula is C20H20N4OS. The van der Waals surface area contributed by atoms with Gasteiger partial charge in [-0.25, -0.2) is 4.98 Å². The highest BCUT2D eigenvalue weighted by Gasteiger charge is 2.19. The van der Waals surface area contributed by atoms with Gasteiger partial charge in [0.25, 0.3) is 0 Å². The van der Waals surface area contributed by atoms with E-state index in [0.717, 1.165) is 45.3 Å². The Morgan fingerprint density at radius 1 is 1.31 bits per heavy atom. The Balaban J connectivity index is 1.56. The molecule has 26 heavy (non-hydrogen) atoms. The third-order valence-electron chi connectivity index (χ3n) is 4.99. The minimum Gasteiger partial charge on any atom is -0.493 e. The van der Waals surface area contributed by atoms with Crippen molar-refractivity contribution in [1.29, 1.82) is 0 Å². The highest BCUT2D eigenvalue weighted by Crippen LogP contribution is 2.39. The molecule has 1 aliphatic rings. The van der Waals surface area contributed by atoms with Crippen molar-refractivity contribution in [2.75, 3.05) is 11.9 Å². The van der Waals surface area contributed by atoms with Gasteiger partial charge in [0.2, 0.25) is 0 Å². The van der Waals surface area contributed by atoms with Crippen LogP contribution < -0.4 is 10.1 Å². The molecule has 0 saturated heterocycles. The number of ether oxygens (including phenoxy) is 1. The van der Waals surface area contributed by atoms with Crippen LogP contribution in [0.4, 0.5) is 5.82 Å². The zero-order chi connectivity index (χ0) is 17.8. The number of aryl methyl sites for hydroxylation is 3. The summed E-state index contributed by atoms with van der Waals surface area (Å²) in [6.45, 7) is 5.67. The van der Waals surface area contributed by atoms with E-state index in [2.05, 4.69) is 36.5 Å². The van der Waals surface area contributed by atoms with Crippen LogP contribution >= 0.6 is 11.3 Å². The molecule has 5 nitrogen and oxygen atoms in total. The fourth-order valence-electron chi connectivity index (χ4n) is 3.85. The molecule has 6 heteroatoms. The van der Waals surface area contributed by atoms with Crippen molar-refractivity contribution in [2.45, 2.75) is 26.8 Å². The predicted molar refractivity (Wildman–Crippen MR) is 106 cm³/mol. The van der Waals surface area contributed by atoms with Crippen LogP contribution in [0.25, 0.3) is 20.4 Å². The monoisotopic (exact) mass is 364 g/mol. The fourth-order valence-corrected chi connectivity index (χ4v) is 5.14. The number of nitrogens with zero attached hydrogens (tertiary/aromatic N) is 3. The van der Waals surface area contributed by atoms with E-state index in [1.165, 1.54) is 22.1 Å². The lowest BCUT2D eigenvalue weighted by Gasteiger charge is -2.08. The number of para-hydroxylation sites is 1. The summed E-state index contributed by atoms with van der Waals surface area (Å²) in [4.78, 5) is 5.80. The van der Waals surface area contributed by atoms with E-state index in [0.29, 0.717) is 6.54 Å². The molecule has 0 spiro atoms. The molecule has 0 amide bonds. The molecule has 5 rings (SSSR count). The lowest BCUT2D eigenvalue weighted by Crippen LogP contribution is -2.03. The van der Waals surface area contributed by atoms with Gasteiger partial charge >= 0.3 is 0 Å². The molecule has 0 bridgehead atoms. The maximum Gasteiger partial charge on any atom is 0.166 e. The lowest BCUT2D eigenvalue weighted by atomic mass is 10.1. The van der Waals surface area contributed by atoms with Crippen LogP contribution in [-0.4, -0.2) is 21.4 Å². The van der Waals surface area contributed by atoms with Crippen LogP contribution in [0, 0.1) is 13.8 Å². The summed E-state index contributed by atoms with van der Waals surface area (Å²) in [5.74, 6) is 1.95. The Labute approximate surface area is 155 Å². The minimum atomic E-state index is 0.703. The van der Waals surface area contributed by atoms with Gasteiger partial charge in [-0.05, 0) is 31.0 Å². The molecule has 1 aromatic carbocycles. The number of rotatable bonds is 3. The maximum absolute atomic E-state index is 5.81. The molecule has 0 fully saturated rings. The van der Waals surface area contributed by atoms with Gasteiger partial charge in [-0.3, -0.25) is 4.68 Å². The molecule has 0 unspecified atom stereocenters. The van der Waals surface area contributed by atoms with Crippen LogP contribution in [0.3, 0.4) is 0 Å². The van der Waals surface area contributed by atoms with Gasteiger partial charge in [-0.1, -0.05) is 18.2 Å². The summed E-state index contributed by atoms with van der Waals surface area (Å²) in [7, 11) is 2.00. The first-order valence-corrected chi connectivity index (χ1v) is 9.64. The standard InChI is InChI=1S/C20H20N4OS/c1-11-9-12(2)22-20-15(11)16-18(26-20)19(23-24(16)3)21-10-14-6-4-5-13-7-8-25-17(13)14/h4-6,9H,7-8,10H2,1-3H3,(H,21,23). The van der Waals surface area contributed by atoms with Crippen molar-refractivity contribution in [3.05, 3.63) is 46.6 Å². The Kier molecular flexibility index (Phi) is 3.43. The molecule has 1 aliphatic heterocycles.